The molecule has 1 aromatic heterocycles. The molecule has 1 unspecified atom stereocenters. The monoisotopic (exact) mass is 259 g/mol. The van der Waals surface area contributed by atoms with Gasteiger partial charge < -0.3 is 10.2 Å². The Morgan fingerprint density at radius 1 is 1.28 bits per heavy atom. The normalized spacial score (nSPS) is 27.7. The van der Waals surface area contributed by atoms with Gasteiger partial charge in [-0.05, 0) is 31.5 Å². The minimum absolute atomic E-state index is 0.526. The first kappa shape index (κ1) is 10.8. The first-order valence-corrected chi connectivity index (χ1v) is 7.48. The van der Waals surface area contributed by atoms with Gasteiger partial charge in [-0.15, -0.1) is 0 Å². The molecule has 2 aliphatic heterocycles. The average Bonchev–Trinajstić information content (AvgIpc) is 3.10. The Kier molecular flexibility index (Phi) is 2.35. The number of fused-ring (bicyclic) bond motifs is 1. The quantitative estimate of drug-likeness (QED) is 0.853. The van der Waals surface area contributed by atoms with Crippen LogP contribution in [0.5, 0.6) is 0 Å². The van der Waals surface area contributed by atoms with E-state index >= 15 is 0 Å². The summed E-state index contributed by atoms with van der Waals surface area (Å²) < 4.78 is 1.30. The minimum atomic E-state index is 0.526. The van der Waals surface area contributed by atoms with Crippen molar-refractivity contribution < 1.29 is 0 Å². The van der Waals surface area contributed by atoms with Crippen molar-refractivity contribution in [3.8, 4) is 0 Å². The number of anilines is 1. The molecule has 4 rings (SSSR count). The fourth-order valence-electron chi connectivity index (χ4n) is 3.24. The molecule has 94 valence electrons. The molecule has 2 saturated heterocycles. The van der Waals surface area contributed by atoms with E-state index in [1.54, 1.807) is 0 Å². The lowest BCUT2D eigenvalue weighted by Gasteiger charge is -2.22. The molecule has 0 amide bonds. The first-order chi connectivity index (χ1) is 8.85. The second kappa shape index (κ2) is 3.93. The van der Waals surface area contributed by atoms with Gasteiger partial charge in [0.15, 0.2) is 5.13 Å². The molecule has 0 radical (unpaired) electrons. The standard InChI is InChI=1S/C14H17N3S/c1-2-4-12-11(3-1)16-13(18-12)17-8-6-14(10-17)5-7-15-9-14/h1-4,15H,5-10H2. The zero-order chi connectivity index (χ0) is 12.0. The summed E-state index contributed by atoms with van der Waals surface area (Å²) in [7, 11) is 0. The second-order valence-corrected chi connectivity index (χ2v) is 6.57. The lowest BCUT2D eigenvalue weighted by molar-refractivity contribution is 0.369. The number of rotatable bonds is 1. The molecule has 18 heavy (non-hydrogen) atoms. The summed E-state index contributed by atoms with van der Waals surface area (Å²) in [6, 6.07) is 8.44. The van der Waals surface area contributed by atoms with E-state index in [4.69, 9.17) is 4.98 Å². The SMILES string of the molecule is c1ccc2sc(N3CCC4(CCNC4)C3)nc2c1. The van der Waals surface area contributed by atoms with E-state index in [2.05, 4.69) is 34.5 Å². The summed E-state index contributed by atoms with van der Waals surface area (Å²) in [5.74, 6) is 0. The van der Waals surface area contributed by atoms with Crippen LogP contribution in [0.1, 0.15) is 12.8 Å². The molecule has 0 saturated carbocycles. The van der Waals surface area contributed by atoms with Gasteiger partial charge in [0.25, 0.3) is 0 Å². The number of nitrogens with zero attached hydrogens (tertiary/aromatic N) is 2. The van der Waals surface area contributed by atoms with Crippen molar-refractivity contribution in [2.24, 2.45) is 5.41 Å². The maximum atomic E-state index is 4.77. The van der Waals surface area contributed by atoms with Gasteiger partial charge in [0.2, 0.25) is 0 Å². The molecule has 2 fully saturated rings. The maximum absolute atomic E-state index is 4.77. The molecule has 1 spiro atoms. The molecular formula is C14H17N3S. The highest BCUT2D eigenvalue weighted by Gasteiger charge is 2.41. The van der Waals surface area contributed by atoms with Crippen LogP contribution in [0, 0.1) is 5.41 Å². The Morgan fingerprint density at radius 2 is 2.22 bits per heavy atom. The van der Waals surface area contributed by atoms with Gasteiger partial charge in [0.05, 0.1) is 10.2 Å². The van der Waals surface area contributed by atoms with E-state index in [1.165, 1.54) is 48.9 Å². The van der Waals surface area contributed by atoms with E-state index in [9.17, 15) is 0 Å². The summed E-state index contributed by atoms with van der Waals surface area (Å²) in [6.45, 7) is 4.73. The molecule has 1 aromatic carbocycles. The van der Waals surface area contributed by atoms with Gasteiger partial charge in [0, 0.05) is 25.0 Å². The van der Waals surface area contributed by atoms with Crippen molar-refractivity contribution in [3.05, 3.63) is 24.3 Å². The molecule has 0 aliphatic carbocycles. The molecule has 4 heteroatoms. The molecule has 1 N–H and O–H groups in total. The topological polar surface area (TPSA) is 28.2 Å². The van der Waals surface area contributed by atoms with Crippen LogP contribution in [0.3, 0.4) is 0 Å². The summed E-state index contributed by atoms with van der Waals surface area (Å²) >= 11 is 1.83. The molecule has 2 aliphatic rings. The number of hydrogen-bond donors (Lipinski definition) is 1. The van der Waals surface area contributed by atoms with E-state index < -0.39 is 0 Å². The highest BCUT2D eigenvalue weighted by molar-refractivity contribution is 7.22. The van der Waals surface area contributed by atoms with Gasteiger partial charge in [-0.1, -0.05) is 23.5 Å². The molecule has 1 atom stereocenters. The smallest absolute Gasteiger partial charge is 0.186 e. The summed E-state index contributed by atoms with van der Waals surface area (Å²) in [5, 5.41) is 4.72. The predicted octanol–water partition coefficient (Wildman–Crippen LogP) is 2.49. The number of benzene rings is 1. The Bertz CT molecular complexity index is 538. The highest BCUT2D eigenvalue weighted by Crippen LogP contribution is 2.40. The van der Waals surface area contributed by atoms with Crippen LogP contribution in [0.4, 0.5) is 5.13 Å². The van der Waals surface area contributed by atoms with Crippen molar-refractivity contribution in [1.29, 1.82) is 0 Å². The van der Waals surface area contributed by atoms with E-state index in [0.29, 0.717) is 5.41 Å². The van der Waals surface area contributed by atoms with Gasteiger partial charge in [-0.2, -0.15) is 0 Å². The Balaban J connectivity index is 1.64. The van der Waals surface area contributed by atoms with Crippen molar-refractivity contribution in [1.82, 2.24) is 10.3 Å². The molecule has 3 heterocycles. The fraction of sp³-hybridized carbons (Fsp3) is 0.500. The minimum Gasteiger partial charge on any atom is -0.347 e. The Hall–Kier alpha value is -1.13. The third kappa shape index (κ3) is 1.63. The third-order valence-corrected chi connectivity index (χ3v) is 5.42. The second-order valence-electron chi connectivity index (χ2n) is 5.56. The number of hydrogen-bond acceptors (Lipinski definition) is 4. The van der Waals surface area contributed by atoms with Crippen LogP contribution in [0.25, 0.3) is 10.2 Å². The summed E-state index contributed by atoms with van der Waals surface area (Å²) in [5.41, 5.74) is 1.67. The zero-order valence-corrected chi connectivity index (χ0v) is 11.2. The highest BCUT2D eigenvalue weighted by atomic mass is 32.1. The summed E-state index contributed by atoms with van der Waals surface area (Å²) in [6.07, 6.45) is 2.64. The van der Waals surface area contributed by atoms with Gasteiger partial charge in [0.1, 0.15) is 0 Å². The zero-order valence-electron chi connectivity index (χ0n) is 10.4. The third-order valence-electron chi connectivity index (χ3n) is 4.32. The number of para-hydroxylation sites is 1. The number of thiazole rings is 1. The Morgan fingerprint density at radius 3 is 3.06 bits per heavy atom. The van der Waals surface area contributed by atoms with Crippen LogP contribution in [-0.4, -0.2) is 31.2 Å². The number of nitrogens with one attached hydrogen (secondary N) is 1. The molecule has 0 bridgehead atoms. The lowest BCUT2D eigenvalue weighted by Crippen LogP contribution is -2.28. The maximum Gasteiger partial charge on any atom is 0.186 e. The Labute approximate surface area is 111 Å². The largest absolute Gasteiger partial charge is 0.347 e. The van der Waals surface area contributed by atoms with E-state index in [-0.39, 0.29) is 0 Å². The van der Waals surface area contributed by atoms with Gasteiger partial charge >= 0.3 is 0 Å². The fourth-order valence-corrected chi connectivity index (χ4v) is 4.23. The lowest BCUT2D eigenvalue weighted by atomic mass is 9.87. The first-order valence-electron chi connectivity index (χ1n) is 6.66. The van der Waals surface area contributed by atoms with E-state index in [0.717, 1.165) is 5.52 Å². The predicted molar refractivity (Wildman–Crippen MR) is 76.4 cm³/mol. The molecule has 3 nitrogen and oxygen atoms in total. The van der Waals surface area contributed by atoms with E-state index in [1.807, 2.05) is 11.3 Å². The van der Waals surface area contributed by atoms with Crippen molar-refractivity contribution in [2.45, 2.75) is 12.8 Å². The van der Waals surface area contributed by atoms with Crippen LogP contribution in [0.2, 0.25) is 0 Å². The summed E-state index contributed by atoms with van der Waals surface area (Å²) in [4.78, 5) is 7.26. The van der Waals surface area contributed by atoms with Crippen LogP contribution >= 0.6 is 11.3 Å². The van der Waals surface area contributed by atoms with Gasteiger partial charge in [-0.25, -0.2) is 4.98 Å². The van der Waals surface area contributed by atoms with Crippen LogP contribution < -0.4 is 10.2 Å². The van der Waals surface area contributed by atoms with Crippen molar-refractivity contribution in [2.75, 3.05) is 31.1 Å². The van der Waals surface area contributed by atoms with Crippen molar-refractivity contribution in [3.63, 3.8) is 0 Å². The van der Waals surface area contributed by atoms with Crippen LogP contribution in [-0.2, 0) is 0 Å². The van der Waals surface area contributed by atoms with Gasteiger partial charge in [-0.3, -0.25) is 0 Å². The average molecular weight is 259 g/mol. The number of aromatic nitrogens is 1. The molecule has 2 aromatic rings. The van der Waals surface area contributed by atoms with Crippen molar-refractivity contribution >= 4 is 26.7 Å². The van der Waals surface area contributed by atoms with Crippen LogP contribution in [0.15, 0.2) is 24.3 Å². The molecular weight excluding hydrogens is 242 g/mol.